The molecule has 0 bridgehead atoms. The van der Waals surface area contributed by atoms with E-state index in [1.54, 1.807) is 0 Å². The highest BCUT2D eigenvalue weighted by molar-refractivity contribution is 5.89. The first-order valence-electron chi connectivity index (χ1n) is 6.73. The Bertz CT molecular complexity index is 546. The summed E-state index contributed by atoms with van der Waals surface area (Å²) in [6.45, 7) is 1.23. The quantitative estimate of drug-likeness (QED) is 0.321. The van der Waals surface area contributed by atoms with Gasteiger partial charge in [0.1, 0.15) is 12.5 Å². The standard InChI is InChI=1S/C12H16N2O10/c1-6(13)10(18)20-12(14)5-9(17)23-21-7(15)3-2-4-8(16)22-24-11(12)19/h6H,2-5,13-14H2,1H3. The molecule has 0 amide bonds. The molecule has 2 atom stereocenters. The summed E-state index contributed by atoms with van der Waals surface area (Å²) in [5.74, 6) is -5.96. The van der Waals surface area contributed by atoms with Crippen molar-refractivity contribution in [2.24, 2.45) is 11.5 Å². The molecule has 12 nitrogen and oxygen atoms in total. The Balaban J connectivity index is 2.96. The molecule has 0 radical (unpaired) electrons. The number of carbonyl (C=O) groups is 5. The normalized spacial score (nSPS) is 24.8. The average molecular weight is 348 g/mol. The molecule has 134 valence electrons. The smallest absolute Gasteiger partial charge is 0.414 e. The Hall–Kier alpha value is -2.73. The second-order valence-electron chi connectivity index (χ2n) is 4.87. The highest BCUT2D eigenvalue weighted by Crippen LogP contribution is 2.16. The maximum Gasteiger partial charge on any atom is 0.414 e. The molecule has 2 unspecified atom stereocenters. The molecule has 12 heteroatoms. The van der Waals surface area contributed by atoms with E-state index >= 15 is 0 Å². The van der Waals surface area contributed by atoms with E-state index in [9.17, 15) is 24.0 Å². The Morgan fingerprint density at radius 3 is 2.08 bits per heavy atom. The minimum Gasteiger partial charge on any atom is -0.430 e. The van der Waals surface area contributed by atoms with E-state index in [1.165, 1.54) is 6.92 Å². The van der Waals surface area contributed by atoms with Crippen molar-refractivity contribution >= 4 is 29.8 Å². The number of hydrogen-bond donors (Lipinski definition) is 2. The van der Waals surface area contributed by atoms with Crippen LogP contribution in [0.5, 0.6) is 0 Å². The minimum atomic E-state index is -2.71. The van der Waals surface area contributed by atoms with Gasteiger partial charge in [-0.05, 0) is 13.3 Å². The number of nitrogens with two attached hydrogens (primary N) is 2. The lowest BCUT2D eigenvalue weighted by atomic mass is 10.1. The molecular formula is C12H16N2O10. The van der Waals surface area contributed by atoms with Gasteiger partial charge < -0.3 is 10.5 Å². The van der Waals surface area contributed by atoms with Gasteiger partial charge in [-0.15, -0.1) is 0 Å². The van der Waals surface area contributed by atoms with Crippen LogP contribution >= 0.6 is 0 Å². The first kappa shape index (κ1) is 19.3. The maximum atomic E-state index is 11.9. The van der Waals surface area contributed by atoms with Crippen LogP contribution in [0, 0.1) is 0 Å². The molecular weight excluding hydrogens is 332 g/mol. The van der Waals surface area contributed by atoms with Gasteiger partial charge in [0.25, 0.3) is 5.72 Å². The predicted molar refractivity (Wildman–Crippen MR) is 69.5 cm³/mol. The lowest BCUT2D eigenvalue weighted by Gasteiger charge is -2.25. The van der Waals surface area contributed by atoms with E-state index in [4.69, 9.17) is 11.5 Å². The van der Waals surface area contributed by atoms with Crippen molar-refractivity contribution in [3.8, 4) is 0 Å². The van der Waals surface area contributed by atoms with E-state index in [0.29, 0.717) is 0 Å². The summed E-state index contributed by atoms with van der Waals surface area (Å²) in [5, 5.41) is 0. The third-order valence-electron chi connectivity index (χ3n) is 2.61. The van der Waals surface area contributed by atoms with Crippen LogP contribution in [0.4, 0.5) is 0 Å². The van der Waals surface area contributed by atoms with Gasteiger partial charge in [-0.2, -0.15) is 0 Å². The number of hydrogen-bond acceptors (Lipinski definition) is 12. The SMILES string of the molecule is CC(N)C(=O)OC1(N)CC(=O)OOC(=O)CCCC(=O)OOC1=O. The summed E-state index contributed by atoms with van der Waals surface area (Å²) in [7, 11) is 0. The summed E-state index contributed by atoms with van der Waals surface area (Å²) in [4.78, 5) is 74.3. The Morgan fingerprint density at radius 2 is 1.54 bits per heavy atom. The predicted octanol–water partition coefficient (Wildman–Crippen LogP) is -1.89. The zero-order valence-corrected chi connectivity index (χ0v) is 12.6. The van der Waals surface area contributed by atoms with Crippen molar-refractivity contribution in [1.82, 2.24) is 0 Å². The number of esters is 1. The van der Waals surface area contributed by atoms with E-state index < -0.39 is 48.0 Å². The van der Waals surface area contributed by atoms with Crippen LogP contribution in [0.2, 0.25) is 0 Å². The summed E-state index contributed by atoms with van der Waals surface area (Å²) < 4.78 is 4.63. The Labute approximate surface area is 135 Å². The monoisotopic (exact) mass is 348 g/mol. The van der Waals surface area contributed by atoms with Gasteiger partial charge in [-0.25, -0.2) is 38.7 Å². The summed E-state index contributed by atoms with van der Waals surface area (Å²) in [5.41, 5.74) is 8.09. The summed E-state index contributed by atoms with van der Waals surface area (Å²) in [6.07, 6.45) is -1.66. The number of ether oxygens (including phenoxy) is 1. The number of rotatable bonds is 2. The van der Waals surface area contributed by atoms with Crippen LogP contribution in [0.15, 0.2) is 0 Å². The summed E-state index contributed by atoms with van der Waals surface area (Å²) in [6, 6.07) is -1.18. The molecule has 0 aliphatic carbocycles. The fourth-order valence-corrected chi connectivity index (χ4v) is 1.37. The van der Waals surface area contributed by atoms with Crippen molar-refractivity contribution in [2.75, 3.05) is 0 Å². The van der Waals surface area contributed by atoms with Crippen molar-refractivity contribution in [3.63, 3.8) is 0 Å². The lowest BCUT2D eigenvalue weighted by Crippen LogP contribution is -2.56. The molecule has 1 aliphatic rings. The first-order valence-corrected chi connectivity index (χ1v) is 6.73. The molecule has 1 aliphatic heterocycles. The van der Waals surface area contributed by atoms with Gasteiger partial charge in [0, 0.05) is 0 Å². The van der Waals surface area contributed by atoms with Crippen molar-refractivity contribution in [2.45, 2.75) is 44.4 Å². The molecule has 0 saturated carbocycles. The third-order valence-corrected chi connectivity index (χ3v) is 2.61. The molecule has 1 heterocycles. The van der Waals surface area contributed by atoms with E-state index in [2.05, 4.69) is 24.3 Å². The van der Waals surface area contributed by atoms with Crippen LogP contribution in [0.25, 0.3) is 0 Å². The van der Waals surface area contributed by atoms with Crippen molar-refractivity contribution < 1.29 is 48.3 Å². The molecule has 0 spiro atoms. The summed E-state index contributed by atoms with van der Waals surface area (Å²) >= 11 is 0. The Morgan fingerprint density at radius 1 is 1.04 bits per heavy atom. The van der Waals surface area contributed by atoms with Gasteiger partial charge >= 0.3 is 29.8 Å². The van der Waals surface area contributed by atoms with Gasteiger partial charge in [0.05, 0.1) is 12.8 Å². The average Bonchev–Trinajstić information content (AvgIpc) is 2.49. The second-order valence-corrected chi connectivity index (χ2v) is 4.87. The molecule has 24 heavy (non-hydrogen) atoms. The molecule has 1 fully saturated rings. The molecule has 0 aromatic rings. The van der Waals surface area contributed by atoms with E-state index in [-0.39, 0.29) is 19.3 Å². The van der Waals surface area contributed by atoms with Gasteiger partial charge in [0.2, 0.25) is 0 Å². The fourth-order valence-electron chi connectivity index (χ4n) is 1.37. The molecule has 1 saturated heterocycles. The fraction of sp³-hybridized carbons (Fsp3) is 0.583. The third kappa shape index (κ3) is 5.81. The van der Waals surface area contributed by atoms with Crippen LogP contribution in [-0.2, 0) is 48.3 Å². The van der Waals surface area contributed by atoms with Crippen LogP contribution in [0.3, 0.4) is 0 Å². The van der Waals surface area contributed by atoms with E-state index in [1.807, 2.05) is 0 Å². The number of carbonyl (C=O) groups excluding carboxylic acids is 5. The Kier molecular flexibility index (Phi) is 6.61. The van der Waals surface area contributed by atoms with Crippen molar-refractivity contribution in [1.29, 1.82) is 0 Å². The largest absolute Gasteiger partial charge is 0.430 e. The lowest BCUT2D eigenvalue weighted by molar-refractivity contribution is -0.275. The van der Waals surface area contributed by atoms with Crippen LogP contribution in [-0.4, -0.2) is 41.6 Å². The van der Waals surface area contributed by atoms with Gasteiger partial charge in [0.15, 0.2) is 0 Å². The topological polar surface area (TPSA) is 184 Å². The van der Waals surface area contributed by atoms with Crippen LogP contribution < -0.4 is 11.5 Å². The first-order chi connectivity index (χ1) is 11.1. The zero-order chi connectivity index (χ0) is 18.3. The highest BCUT2D eigenvalue weighted by atomic mass is 17.2. The second kappa shape index (κ2) is 8.21. The molecule has 0 aromatic heterocycles. The van der Waals surface area contributed by atoms with Gasteiger partial charge in [-0.3, -0.25) is 10.5 Å². The van der Waals surface area contributed by atoms with Crippen molar-refractivity contribution in [3.05, 3.63) is 0 Å². The van der Waals surface area contributed by atoms with Gasteiger partial charge in [-0.1, -0.05) is 0 Å². The van der Waals surface area contributed by atoms with Crippen LogP contribution in [0.1, 0.15) is 32.6 Å². The molecule has 1 rings (SSSR count). The zero-order valence-electron chi connectivity index (χ0n) is 12.6. The molecule has 4 N–H and O–H groups in total. The highest BCUT2D eigenvalue weighted by Gasteiger charge is 2.46. The minimum absolute atomic E-state index is 0.0137. The molecule has 0 aromatic carbocycles. The van der Waals surface area contributed by atoms with E-state index in [0.717, 1.165) is 0 Å². The maximum absolute atomic E-state index is 11.9.